The molecule has 172 valence electrons. The molecule has 0 bridgehead atoms. The van der Waals surface area contributed by atoms with Crippen LogP contribution in [-0.4, -0.2) is 20.6 Å². The average Bonchev–Trinajstić information content (AvgIpc) is 3.25. The van der Waals surface area contributed by atoms with Gasteiger partial charge < -0.3 is 5.32 Å². The van der Waals surface area contributed by atoms with E-state index in [4.69, 9.17) is 0 Å². The van der Waals surface area contributed by atoms with Crippen LogP contribution in [0.1, 0.15) is 15.9 Å². The van der Waals surface area contributed by atoms with Crippen molar-refractivity contribution in [1.82, 2.24) is 9.78 Å². The molecule has 0 radical (unpaired) electrons. The average molecular weight is 531 g/mol. The van der Waals surface area contributed by atoms with E-state index in [-0.39, 0.29) is 11.3 Å². The number of para-hydroxylation sites is 1. The molecule has 0 saturated carbocycles. The molecule has 34 heavy (non-hydrogen) atoms. The van der Waals surface area contributed by atoms with Gasteiger partial charge in [0, 0.05) is 28.0 Å². The first kappa shape index (κ1) is 23.2. The molecule has 1 N–H and O–H groups in total. The van der Waals surface area contributed by atoms with Gasteiger partial charge >= 0.3 is 6.18 Å². The highest BCUT2D eigenvalue weighted by Gasteiger charge is 2.38. The Balaban J connectivity index is 1.75. The number of nitrogens with zero attached hydrogens (tertiary/aromatic N) is 3. The third-order valence-electron chi connectivity index (χ3n) is 4.85. The van der Waals surface area contributed by atoms with Gasteiger partial charge in [-0.2, -0.15) is 18.3 Å². The number of carbonyl (C=O) groups is 1. The Morgan fingerprint density at radius 2 is 1.71 bits per heavy atom. The normalized spacial score (nSPS) is 11.3. The topological polar surface area (TPSA) is 90.1 Å². The summed E-state index contributed by atoms with van der Waals surface area (Å²) in [6, 6.07) is 18.3. The minimum Gasteiger partial charge on any atom is -0.322 e. The van der Waals surface area contributed by atoms with Crippen molar-refractivity contribution in [2.75, 3.05) is 5.32 Å². The standard InChI is InChI=1S/C23H14BrF3N4O3/c24-15-8-6-14(7-9-15)21-18(13-30(29-21)17-4-2-1-3-5-17)22(32)28-16-10-11-20(31(33)34)19(12-16)23(25,26)27/h1-13H,(H,28,32). The number of alkyl halides is 3. The smallest absolute Gasteiger partial charge is 0.322 e. The summed E-state index contributed by atoms with van der Waals surface area (Å²) in [6.07, 6.45) is -3.50. The van der Waals surface area contributed by atoms with Crippen LogP contribution in [0.15, 0.2) is 83.5 Å². The number of aromatic nitrogens is 2. The number of carbonyl (C=O) groups excluding carboxylic acids is 1. The zero-order valence-corrected chi connectivity index (χ0v) is 18.7. The lowest BCUT2D eigenvalue weighted by molar-refractivity contribution is -0.388. The van der Waals surface area contributed by atoms with Gasteiger partial charge in [-0.1, -0.05) is 46.3 Å². The summed E-state index contributed by atoms with van der Waals surface area (Å²) in [5.41, 5.74) is -1.08. The molecule has 0 aliphatic rings. The van der Waals surface area contributed by atoms with E-state index in [0.29, 0.717) is 29.1 Å². The molecule has 0 unspecified atom stereocenters. The second-order valence-corrected chi connectivity index (χ2v) is 8.03. The minimum atomic E-state index is -4.97. The van der Waals surface area contributed by atoms with E-state index in [1.165, 1.54) is 10.9 Å². The van der Waals surface area contributed by atoms with Crippen molar-refractivity contribution < 1.29 is 22.9 Å². The van der Waals surface area contributed by atoms with Crippen LogP contribution in [0.5, 0.6) is 0 Å². The molecule has 0 aliphatic carbocycles. The molecule has 1 amide bonds. The fraction of sp³-hybridized carbons (Fsp3) is 0.0435. The van der Waals surface area contributed by atoms with Gasteiger partial charge in [0.05, 0.1) is 16.2 Å². The second-order valence-electron chi connectivity index (χ2n) is 7.12. The molecule has 0 fully saturated rings. The Morgan fingerprint density at radius 1 is 1.03 bits per heavy atom. The first-order chi connectivity index (χ1) is 16.1. The van der Waals surface area contributed by atoms with Crippen molar-refractivity contribution in [2.24, 2.45) is 0 Å². The van der Waals surface area contributed by atoms with E-state index in [9.17, 15) is 28.1 Å². The third kappa shape index (κ3) is 4.84. The summed E-state index contributed by atoms with van der Waals surface area (Å²) < 4.78 is 42.3. The van der Waals surface area contributed by atoms with E-state index in [1.54, 1.807) is 48.5 Å². The predicted octanol–water partition coefficient (Wildman–Crippen LogP) is 6.48. The maximum Gasteiger partial charge on any atom is 0.423 e. The highest BCUT2D eigenvalue weighted by Crippen LogP contribution is 2.37. The van der Waals surface area contributed by atoms with Gasteiger partial charge in [-0.05, 0) is 36.4 Å². The lowest BCUT2D eigenvalue weighted by Gasteiger charge is -2.10. The highest BCUT2D eigenvalue weighted by atomic mass is 79.9. The fourth-order valence-corrected chi connectivity index (χ4v) is 3.54. The monoisotopic (exact) mass is 530 g/mol. The minimum absolute atomic E-state index is 0.109. The molecule has 7 nitrogen and oxygen atoms in total. The van der Waals surface area contributed by atoms with Crippen LogP contribution in [-0.2, 0) is 6.18 Å². The molecular weight excluding hydrogens is 517 g/mol. The second kappa shape index (κ2) is 9.10. The predicted molar refractivity (Wildman–Crippen MR) is 123 cm³/mol. The number of hydrogen-bond donors (Lipinski definition) is 1. The maximum absolute atomic E-state index is 13.3. The van der Waals surface area contributed by atoms with E-state index in [1.807, 2.05) is 6.07 Å². The van der Waals surface area contributed by atoms with Crippen LogP contribution < -0.4 is 5.32 Å². The van der Waals surface area contributed by atoms with Crippen molar-refractivity contribution in [2.45, 2.75) is 6.18 Å². The lowest BCUT2D eigenvalue weighted by Crippen LogP contribution is -2.14. The van der Waals surface area contributed by atoms with Crippen molar-refractivity contribution >= 4 is 33.2 Å². The Hall–Kier alpha value is -3.99. The summed E-state index contributed by atoms with van der Waals surface area (Å²) in [5, 5.41) is 17.9. The Kier molecular flexibility index (Phi) is 6.20. The van der Waals surface area contributed by atoms with Gasteiger partial charge in [0.2, 0.25) is 0 Å². The van der Waals surface area contributed by atoms with Gasteiger partial charge in [-0.15, -0.1) is 0 Å². The summed E-state index contributed by atoms with van der Waals surface area (Å²) in [5.74, 6) is -0.720. The van der Waals surface area contributed by atoms with Crippen molar-refractivity contribution in [3.8, 4) is 16.9 Å². The number of rotatable bonds is 5. The van der Waals surface area contributed by atoms with E-state index in [2.05, 4.69) is 26.3 Å². The quantitative estimate of drug-likeness (QED) is 0.236. The zero-order valence-electron chi connectivity index (χ0n) is 17.1. The summed E-state index contributed by atoms with van der Waals surface area (Å²) in [7, 11) is 0. The van der Waals surface area contributed by atoms with Gasteiger partial charge in [-0.3, -0.25) is 14.9 Å². The lowest BCUT2D eigenvalue weighted by atomic mass is 10.1. The van der Waals surface area contributed by atoms with Crippen LogP contribution in [0, 0.1) is 10.1 Å². The van der Waals surface area contributed by atoms with Crippen LogP contribution in [0.25, 0.3) is 16.9 Å². The number of halogens is 4. The maximum atomic E-state index is 13.3. The molecule has 11 heteroatoms. The molecule has 3 aromatic carbocycles. The fourth-order valence-electron chi connectivity index (χ4n) is 3.27. The van der Waals surface area contributed by atoms with E-state index >= 15 is 0 Å². The number of nitrogens with one attached hydrogen (secondary N) is 1. The number of hydrogen-bond acceptors (Lipinski definition) is 4. The van der Waals surface area contributed by atoms with Crippen LogP contribution in [0.4, 0.5) is 24.5 Å². The molecule has 0 aliphatic heterocycles. The van der Waals surface area contributed by atoms with Crippen molar-refractivity contribution in [3.05, 3.63) is 105 Å². The van der Waals surface area contributed by atoms with Crippen LogP contribution >= 0.6 is 15.9 Å². The third-order valence-corrected chi connectivity index (χ3v) is 5.38. The Labute approximate surface area is 199 Å². The largest absolute Gasteiger partial charge is 0.423 e. The van der Waals surface area contributed by atoms with Crippen LogP contribution in [0.2, 0.25) is 0 Å². The van der Waals surface area contributed by atoms with Crippen molar-refractivity contribution in [3.63, 3.8) is 0 Å². The molecule has 0 spiro atoms. The van der Waals surface area contributed by atoms with Gasteiger partial charge in [0.25, 0.3) is 11.6 Å². The molecular formula is C23H14BrF3N4O3. The highest BCUT2D eigenvalue weighted by molar-refractivity contribution is 9.10. The number of benzene rings is 3. The molecule has 4 aromatic rings. The first-order valence-electron chi connectivity index (χ1n) is 9.71. The number of anilines is 1. The number of nitro groups is 1. The SMILES string of the molecule is O=C(Nc1ccc([N+](=O)[O-])c(C(F)(F)F)c1)c1cn(-c2ccccc2)nc1-c1ccc(Br)cc1. The molecule has 0 saturated heterocycles. The summed E-state index contributed by atoms with van der Waals surface area (Å²) in [4.78, 5) is 23.0. The van der Waals surface area contributed by atoms with Gasteiger partial charge in [-0.25, -0.2) is 4.68 Å². The summed E-state index contributed by atoms with van der Waals surface area (Å²) in [6.45, 7) is 0. The number of nitro benzene ring substituents is 1. The molecule has 1 heterocycles. The number of amides is 1. The molecule has 4 rings (SSSR count). The zero-order chi connectivity index (χ0) is 24.5. The van der Waals surface area contributed by atoms with Crippen molar-refractivity contribution in [1.29, 1.82) is 0 Å². The molecule has 1 aromatic heterocycles. The van der Waals surface area contributed by atoms with E-state index < -0.39 is 28.3 Å². The molecule has 0 atom stereocenters. The first-order valence-corrected chi connectivity index (χ1v) is 10.5. The van der Waals surface area contributed by atoms with Crippen LogP contribution in [0.3, 0.4) is 0 Å². The summed E-state index contributed by atoms with van der Waals surface area (Å²) >= 11 is 3.35. The Morgan fingerprint density at radius 3 is 2.32 bits per heavy atom. The Bertz CT molecular complexity index is 1370. The van der Waals surface area contributed by atoms with E-state index in [0.717, 1.165) is 10.5 Å². The van der Waals surface area contributed by atoms with Gasteiger partial charge in [0.1, 0.15) is 11.3 Å². The van der Waals surface area contributed by atoms with Gasteiger partial charge in [0.15, 0.2) is 0 Å².